The maximum absolute atomic E-state index is 14.8. The van der Waals surface area contributed by atoms with E-state index in [-0.39, 0.29) is 79.3 Å². The fraction of sp³-hybridized carbons (Fsp3) is 0.448. The van der Waals surface area contributed by atoms with Crippen LogP contribution in [0.3, 0.4) is 0 Å². The van der Waals surface area contributed by atoms with Gasteiger partial charge in [-0.15, -0.1) is 0 Å². The van der Waals surface area contributed by atoms with Crippen LogP contribution in [0.15, 0.2) is 41.6 Å². The van der Waals surface area contributed by atoms with Crippen LogP contribution in [0.4, 0.5) is 14.9 Å². The number of hydrogen-bond donors (Lipinski definition) is 2. The molecule has 0 aliphatic rings. The molecule has 45 heavy (non-hydrogen) atoms. The minimum Gasteiger partial charge on any atom is -0.475 e. The van der Waals surface area contributed by atoms with Gasteiger partial charge in [0.05, 0.1) is 25.0 Å². The molecule has 0 atom stereocenters. The molecule has 0 aliphatic heterocycles. The third-order valence-corrected chi connectivity index (χ3v) is 7.60. The molecule has 0 unspecified atom stereocenters. The van der Waals surface area contributed by atoms with Crippen molar-refractivity contribution in [2.45, 2.75) is 44.7 Å². The van der Waals surface area contributed by atoms with Crippen molar-refractivity contribution in [2.75, 3.05) is 45.8 Å². The summed E-state index contributed by atoms with van der Waals surface area (Å²) in [6.45, 7) is 8.31. The number of sulfonamides is 1. The zero-order valence-electron chi connectivity index (χ0n) is 26.9. The standard InChI is InChI=1S/C29H39FN6O7S.Na/c1-18(2)22-15-21(30)16-23(20-8-9-31-25(14-20)43-19(3)4)27(22)32-29(38)34-44(39,40)26-17-24(35(5)33-26)28(37)36(10-12-41-6)11-13-42-7;/h8-9,14-19H,10-13H2,1-7H3,(H2,32,34,38);. The van der Waals surface area contributed by atoms with E-state index in [0.29, 0.717) is 22.6 Å². The monoisotopic (exact) mass is 657 g/mol. The van der Waals surface area contributed by atoms with Gasteiger partial charge in [-0.1, -0.05) is 13.8 Å². The predicted molar refractivity (Wildman–Crippen MR) is 167 cm³/mol. The first-order valence-corrected chi connectivity index (χ1v) is 15.4. The smallest absolute Gasteiger partial charge is 0.333 e. The number of hydrogen-bond acceptors (Lipinski definition) is 9. The molecule has 3 amide bonds. The number of methoxy groups -OCH3 is 2. The second-order valence-corrected chi connectivity index (χ2v) is 12.1. The quantitative estimate of drug-likeness (QED) is 0.248. The van der Waals surface area contributed by atoms with Gasteiger partial charge in [0.25, 0.3) is 15.9 Å². The predicted octanol–water partition coefficient (Wildman–Crippen LogP) is 3.40. The average molecular weight is 658 g/mol. The van der Waals surface area contributed by atoms with Gasteiger partial charge in [-0.05, 0) is 49.1 Å². The van der Waals surface area contributed by atoms with Crippen LogP contribution in [0.25, 0.3) is 11.1 Å². The molecule has 0 fully saturated rings. The van der Waals surface area contributed by atoms with Crippen molar-refractivity contribution in [3.8, 4) is 17.0 Å². The van der Waals surface area contributed by atoms with E-state index in [2.05, 4.69) is 15.4 Å². The first kappa shape index (κ1) is 38.1. The number of ether oxygens (including phenoxy) is 3. The molecule has 0 bridgehead atoms. The Morgan fingerprint density at radius 3 is 2.27 bits per heavy atom. The van der Waals surface area contributed by atoms with E-state index in [1.165, 1.54) is 44.5 Å². The number of anilines is 1. The summed E-state index contributed by atoms with van der Waals surface area (Å²) in [6, 6.07) is 5.73. The van der Waals surface area contributed by atoms with Crippen molar-refractivity contribution >= 4 is 57.2 Å². The number of nitrogens with one attached hydrogen (secondary N) is 2. The molecule has 0 aliphatic carbocycles. The van der Waals surface area contributed by atoms with Gasteiger partial charge in [-0.2, -0.15) is 13.5 Å². The Hall–Kier alpha value is -3.08. The zero-order valence-corrected chi connectivity index (χ0v) is 29.7. The number of rotatable bonds is 14. The normalized spacial score (nSPS) is 11.3. The number of urea groups is 1. The number of halogens is 1. The van der Waals surface area contributed by atoms with Crippen LogP contribution in [-0.2, 0) is 26.5 Å². The molecule has 241 valence electrons. The third-order valence-electron chi connectivity index (χ3n) is 6.39. The molecule has 1 aromatic carbocycles. The Balaban J connectivity index is 0.00000705. The molecule has 2 aromatic heterocycles. The summed E-state index contributed by atoms with van der Waals surface area (Å²) in [4.78, 5) is 32.0. The van der Waals surface area contributed by atoms with Gasteiger partial charge in [-0.25, -0.2) is 18.9 Å². The van der Waals surface area contributed by atoms with Crippen LogP contribution in [0.5, 0.6) is 5.88 Å². The van der Waals surface area contributed by atoms with Gasteiger partial charge in [0.15, 0.2) is 5.03 Å². The molecule has 0 saturated carbocycles. The molecule has 3 aromatic rings. The molecule has 16 heteroatoms. The largest absolute Gasteiger partial charge is 0.475 e. The van der Waals surface area contributed by atoms with Gasteiger partial charge in [0, 0.05) is 87.8 Å². The summed E-state index contributed by atoms with van der Waals surface area (Å²) < 4.78 is 60.1. The van der Waals surface area contributed by atoms with Crippen LogP contribution in [-0.4, -0.2) is 116 Å². The van der Waals surface area contributed by atoms with Crippen LogP contribution < -0.4 is 14.8 Å². The molecular weight excluding hydrogens is 618 g/mol. The Bertz CT molecular complexity index is 1580. The van der Waals surface area contributed by atoms with Gasteiger partial charge < -0.3 is 24.4 Å². The van der Waals surface area contributed by atoms with E-state index in [4.69, 9.17) is 14.2 Å². The second-order valence-electron chi connectivity index (χ2n) is 10.5. The molecule has 3 rings (SSSR count). The van der Waals surface area contributed by atoms with E-state index in [1.807, 2.05) is 32.4 Å². The molecule has 0 saturated heterocycles. The summed E-state index contributed by atoms with van der Waals surface area (Å²) in [5.41, 5.74) is 1.43. The fourth-order valence-corrected chi connectivity index (χ4v) is 5.20. The number of pyridine rings is 1. The minimum atomic E-state index is -4.53. The molecular formula is C29H39FN6NaO7S. The summed E-state index contributed by atoms with van der Waals surface area (Å²) in [7, 11) is -0.114. The Kier molecular flexibility index (Phi) is 14.4. The second kappa shape index (κ2) is 17.0. The number of aromatic nitrogens is 3. The molecule has 1 radical (unpaired) electrons. The summed E-state index contributed by atoms with van der Waals surface area (Å²) in [6.07, 6.45) is 1.33. The van der Waals surface area contributed by atoms with Crippen LogP contribution in [0, 0.1) is 5.82 Å². The Morgan fingerprint density at radius 2 is 1.69 bits per heavy atom. The third kappa shape index (κ3) is 10.2. The Labute approximate surface area is 285 Å². The maximum Gasteiger partial charge on any atom is 0.333 e. The molecule has 2 heterocycles. The minimum absolute atomic E-state index is 0. The number of carbonyl (C=O) groups excluding carboxylic acids is 2. The number of carbonyl (C=O) groups is 2. The zero-order chi connectivity index (χ0) is 32.6. The van der Waals surface area contributed by atoms with E-state index < -0.39 is 32.8 Å². The van der Waals surface area contributed by atoms with Crippen molar-refractivity contribution in [3.63, 3.8) is 0 Å². The van der Waals surface area contributed by atoms with E-state index in [9.17, 15) is 22.4 Å². The van der Waals surface area contributed by atoms with Crippen LogP contribution in [0.2, 0.25) is 0 Å². The number of nitrogens with zero attached hydrogens (tertiary/aromatic N) is 4. The first-order chi connectivity index (χ1) is 20.8. The first-order valence-electron chi connectivity index (χ1n) is 13.9. The topological polar surface area (TPSA) is 154 Å². The van der Waals surface area contributed by atoms with Crippen molar-refractivity contribution in [1.82, 2.24) is 24.4 Å². The van der Waals surface area contributed by atoms with Gasteiger partial charge in [0.1, 0.15) is 11.5 Å². The van der Waals surface area contributed by atoms with Crippen molar-refractivity contribution in [1.29, 1.82) is 0 Å². The number of benzene rings is 1. The van der Waals surface area contributed by atoms with E-state index >= 15 is 0 Å². The SMILES string of the molecule is COCCN(CCOC)C(=O)c1cc(S(=O)(=O)NC(=O)Nc2c(-c3ccnc(OC(C)C)c3)cc(F)cc2C(C)C)nn1C.[Na]. The Morgan fingerprint density at radius 1 is 1.04 bits per heavy atom. The maximum atomic E-state index is 14.8. The molecule has 0 spiro atoms. The van der Waals surface area contributed by atoms with Gasteiger partial charge >= 0.3 is 6.03 Å². The van der Waals surface area contributed by atoms with E-state index in [1.54, 1.807) is 12.1 Å². The van der Waals surface area contributed by atoms with Crippen molar-refractivity contribution < 1.29 is 36.6 Å². The number of aryl methyl sites for hydroxylation is 1. The summed E-state index contributed by atoms with van der Waals surface area (Å²) in [5.74, 6) is -0.973. The van der Waals surface area contributed by atoms with Crippen LogP contribution >= 0.6 is 0 Å². The van der Waals surface area contributed by atoms with Crippen LogP contribution in [0.1, 0.15) is 49.7 Å². The molecule has 2 N–H and O–H groups in total. The summed E-state index contributed by atoms with van der Waals surface area (Å²) >= 11 is 0. The molecule has 13 nitrogen and oxygen atoms in total. The number of amides is 3. The van der Waals surface area contributed by atoms with Gasteiger partial charge in [0.2, 0.25) is 5.88 Å². The van der Waals surface area contributed by atoms with Gasteiger partial charge in [-0.3, -0.25) is 9.48 Å². The van der Waals surface area contributed by atoms with Crippen molar-refractivity contribution in [2.24, 2.45) is 7.05 Å². The van der Waals surface area contributed by atoms with Crippen molar-refractivity contribution in [3.05, 3.63) is 53.6 Å². The average Bonchev–Trinajstić information content (AvgIpc) is 3.35. The van der Waals surface area contributed by atoms with E-state index in [0.717, 1.165) is 10.7 Å². The summed E-state index contributed by atoms with van der Waals surface area (Å²) in [5, 5.41) is 6.02. The fourth-order valence-electron chi connectivity index (χ4n) is 4.30.